The summed E-state index contributed by atoms with van der Waals surface area (Å²) in [6.45, 7) is 1.60. The summed E-state index contributed by atoms with van der Waals surface area (Å²) in [4.78, 5) is 61.3. The fraction of sp³-hybridized carbons (Fsp3) is 0.500. The van der Waals surface area contributed by atoms with E-state index in [2.05, 4.69) is 15.3 Å². The van der Waals surface area contributed by atoms with Crippen molar-refractivity contribution in [2.24, 2.45) is 5.92 Å². The molecule has 0 bridgehead atoms. The van der Waals surface area contributed by atoms with Crippen LogP contribution in [-0.2, 0) is 30.1 Å². The van der Waals surface area contributed by atoms with E-state index in [1.165, 1.54) is 18.6 Å². The van der Waals surface area contributed by atoms with Gasteiger partial charge in [0, 0.05) is 32.3 Å². The second kappa shape index (κ2) is 10.5. The highest BCUT2D eigenvalue weighted by atomic mass is 16.7. The maximum Gasteiger partial charge on any atom is 0.587 e. The number of hydrogen-bond donors (Lipinski definition) is 1. The number of amides is 1. The number of quaternary nitrogens is 1. The van der Waals surface area contributed by atoms with Gasteiger partial charge in [-0.1, -0.05) is 50.6 Å². The molecule has 1 N–H and O–H groups in total. The lowest BCUT2D eigenvalue weighted by atomic mass is 9.50. The van der Waals surface area contributed by atoms with E-state index in [1.54, 1.807) is 0 Å². The van der Waals surface area contributed by atoms with Crippen molar-refractivity contribution < 1.29 is 32.9 Å². The molecule has 1 aromatic heterocycles. The second-order valence-corrected chi connectivity index (χ2v) is 11.7. The normalized spacial score (nSPS) is 28.8. The van der Waals surface area contributed by atoms with Gasteiger partial charge in [0.15, 0.2) is 5.78 Å². The summed E-state index contributed by atoms with van der Waals surface area (Å²) in [5, 5.41) is 2.85. The molecule has 4 atom stereocenters. The number of aromatic nitrogens is 2. The molecule has 39 heavy (non-hydrogen) atoms. The molecule has 11 heteroatoms. The van der Waals surface area contributed by atoms with Crippen molar-refractivity contribution >= 4 is 30.3 Å². The smallest absolute Gasteiger partial charge is 0.587 e. The van der Waals surface area contributed by atoms with Crippen LogP contribution in [0.2, 0.25) is 5.82 Å². The molecule has 206 valence electrons. The van der Waals surface area contributed by atoms with Gasteiger partial charge in [-0.15, -0.1) is 0 Å². The minimum absolute atomic E-state index is 0.00965. The van der Waals surface area contributed by atoms with E-state index in [0.29, 0.717) is 19.3 Å². The van der Waals surface area contributed by atoms with Crippen molar-refractivity contribution in [2.45, 2.75) is 76.3 Å². The van der Waals surface area contributed by atoms with Crippen molar-refractivity contribution in [1.29, 1.82) is 0 Å². The first-order valence-corrected chi connectivity index (χ1v) is 13.7. The Bertz CT molecular complexity index is 1230. The zero-order chi connectivity index (χ0) is 27.8. The highest BCUT2D eigenvalue weighted by Crippen LogP contribution is 2.54. The molecular formula is C28H35BN4O6. The molecule has 3 fully saturated rings. The Morgan fingerprint density at radius 3 is 2.33 bits per heavy atom. The molecule has 4 heterocycles. The van der Waals surface area contributed by atoms with Gasteiger partial charge in [-0.25, -0.2) is 14.6 Å². The summed E-state index contributed by atoms with van der Waals surface area (Å²) in [6.07, 6.45) is 7.02. The summed E-state index contributed by atoms with van der Waals surface area (Å²) in [6, 6.07) is 7.62. The fourth-order valence-corrected chi connectivity index (χ4v) is 7.01. The van der Waals surface area contributed by atoms with E-state index < -0.39 is 36.5 Å². The predicted octanol–water partition coefficient (Wildman–Crippen LogP) is 2.61. The molecular weight excluding hydrogens is 499 g/mol. The van der Waals surface area contributed by atoms with E-state index in [1.807, 2.05) is 51.2 Å². The summed E-state index contributed by atoms with van der Waals surface area (Å²) in [5.41, 5.74) is 0.991. The molecule has 1 amide bonds. The SMILES string of the molecule is CC(C)C[C@H](CC(=O)[C@H](Cc1ccccc1)NC(=O)c1cnccn1)[B-]12OC(=O)[C@H]3CCC[C@H](C(=O)O1)[N+]32C. The molecule has 0 spiro atoms. The van der Waals surface area contributed by atoms with Crippen LogP contribution in [0, 0.1) is 5.92 Å². The highest BCUT2D eigenvalue weighted by Gasteiger charge is 2.76. The summed E-state index contributed by atoms with van der Waals surface area (Å²) in [7, 11) is 1.89. The molecule has 2 aromatic rings. The van der Waals surface area contributed by atoms with Crippen LogP contribution in [0.25, 0.3) is 0 Å². The Morgan fingerprint density at radius 1 is 1.08 bits per heavy atom. The van der Waals surface area contributed by atoms with Gasteiger partial charge >= 0.3 is 18.6 Å². The van der Waals surface area contributed by atoms with Crippen molar-refractivity contribution in [3.05, 3.63) is 60.2 Å². The number of Topliss-reactive ketones (excluding diaryl/α,β-unsaturated/α-hetero) is 1. The molecule has 0 radical (unpaired) electrons. The number of carbonyl (C=O) groups is 4. The molecule has 10 nitrogen and oxygen atoms in total. The zero-order valence-electron chi connectivity index (χ0n) is 22.6. The van der Waals surface area contributed by atoms with Crippen LogP contribution < -0.4 is 5.32 Å². The molecule has 1 aromatic carbocycles. The Labute approximate surface area is 228 Å². The van der Waals surface area contributed by atoms with Crippen LogP contribution in [0.3, 0.4) is 0 Å². The first-order valence-electron chi connectivity index (χ1n) is 13.7. The third-order valence-electron chi connectivity index (χ3n) is 8.79. The van der Waals surface area contributed by atoms with E-state index >= 15 is 0 Å². The minimum Gasteiger partial charge on any atom is -0.600 e. The van der Waals surface area contributed by atoms with Gasteiger partial charge in [0.05, 0.1) is 12.2 Å². The molecule has 0 saturated carbocycles. The lowest BCUT2D eigenvalue weighted by molar-refractivity contribution is -0.850. The number of carbonyl (C=O) groups excluding carboxylic acids is 4. The Morgan fingerprint density at radius 2 is 1.74 bits per heavy atom. The topological polar surface area (TPSA) is 125 Å². The maximum atomic E-state index is 14.0. The maximum absolute atomic E-state index is 14.0. The predicted molar refractivity (Wildman–Crippen MR) is 142 cm³/mol. The van der Waals surface area contributed by atoms with Gasteiger partial charge in [0.2, 0.25) is 0 Å². The van der Waals surface area contributed by atoms with E-state index in [-0.39, 0.29) is 46.6 Å². The lowest BCUT2D eigenvalue weighted by Gasteiger charge is -2.52. The quantitative estimate of drug-likeness (QED) is 0.462. The number of likely N-dealkylation sites (N-methyl/N-ethyl adjacent to an activating group) is 1. The number of benzene rings is 1. The molecule has 0 aliphatic carbocycles. The average molecular weight is 534 g/mol. The molecule has 5 rings (SSSR count). The van der Waals surface area contributed by atoms with Gasteiger partial charge in [-0.3, -0.25) is 14.6 Å². The first-order chi connectivity index (χ1) is 18.7. The number of nitrogens with zero attached hydrogens (tertiary/aromatic N) is 3. The highest BCUT2D eigenvalue weighted by molar-refractivity contribution is 6.68. The molecule has 3 aliphatic heterocycles. The Hall–Kier alpha value is -3.60. The van der Waals surface area contributed by atoms with Gasteiger partial charge in [-0.05, 0) is 36.6 Å². The second-order valence-electron chi connectivity index (χ2n) is 11.7. The van der Waals surface area contributed by atoms with E-state index in [9.17, 15) is 19.2 Å². The number of hydrogen-bond acceptors (Lipinski definition) is 8. The molecule has 3 aliphatic rings. The van der Waals surface area contributed by atoms with Gasteiger partial charge in [-0.2, -0.15) is 0 Å². The van der Waals surface area contributed by atoms with Crippen LogP contribution in [-0.4, -0.2) is 69.9 Å². The first kappa shape index (κ1) is 27.0. The van der Waals surface area contributed by atoms with Crippen molar-refractivity contribution in [3.8, 4) is 0 Å². The summed E-state index contributed by atoms with van der Waals surface area (Å²) in [5.74, 6) is -1.81. The van der Waals surface area contributed by atoms with E-state index in [4.69, 9.17) is 9.31 Å². The zero-order valence-corrected chi connectivity index (χ0v) is 22.6. The van der Waals surface area contributed by atoms with Crippen molar-refractivity contribution in [3.63, 3.8) is 0 Å². The average Bonchev–Trinajstić information content (AvgIpc) is 3.28. The summed E-state index contributed by atoms with van der Waals surface area (Å²) < 4.78 is 12.2. The third-order valence-corrected chi connectivity index (χ3v) is 8.79. The van der Waals surface area contributed by atoms with Crippen LogP contribution in [0.5, 0.6) is 0 Å². The Balaban J connectivity index is 1.46. The monoisotopic (exact) mass is 534 g/mol. The van der Waals surface area contributed by atoms with Crippen molar-refractivity contribution in [2.75, 3.05) is 7.05 Å². The van der Waals surface area contributed by atoms with E-state index in [0.717, 1.165) is 12.0 Å². The van der Waals surface area contributed by atoms with Gasteiger partial charge in [0.25, 0.3) is 5.91 Å². The molecule has 3 saturated heterocycles. The minimum atomic E-state index is -2.46. The standard InChI is InChI=1S/C28H35BN4O6/c1-18(2)14-20(29-33(3)23(27(36)38-29)10-7-11-24(33)28(37)39-29)16-25(34)21(15-19-8-5-4-6-9-19)32-26(35)22-17-30-12-13-31-22/h4-6,8-9,12-13,17-18,20-21,23-24H,7,10-11,14-16H2,1-3H3,(H,32,35)/t20-,21+,23-,24-,29?,33?/m1/s1. The number of rotatable bonds is 10. The summed E-state index contributed by atoms with van der Waals surface area (Å²) >= 11 is 0. The number of piperidine rings is 1. The third kappa shape index (κ3) is 4.73. The largest absolute Gasteiger partial charge is 0.600 e. The van der Waals surface area contributed by atoms with Crippen LogP contribution >= 0.6 is 0 Å². The molecule has 0 unspecified atom stereocenters. The van der Waals surface area contributed by atoms with Crippen LogP contribution in [0.15, 0.2) is 48.9 Å². The van der Waals surface area contributed by atoms with Crippen LogP contribution in [0.4, 0.5) is 0 Å². The number of nitrogens with one attached hydrogen (secondary N) is 1. The van der Waals surface area contributed by atoms with Crippen molar-refractivity contribution in [1.82, 2.24) is 15.3 Å². The lowest BCUT2D eigenvalue weighted by Crippen LogP contribution is -2.70. The van der Waals surface area contributed by atoms with Gasteiger partial charge in [0.1, 0.15) is 17.8 Å². The fourth-order valence-electron chi connectivity index (χ4n) is 7.01. The Kier molecular flexibility index (Phi) is 7.28. The van der Waals surface area contributed by atoms with Crippen LogP contribution in [0.1, 0.15) is 62.0 Å². The van der Waals surface area contributed by atoms with Gasteiger partial charge < -0.3 is 19.0 Å². The number of ketones is 1.